The van der Waals surface area contributed by atoms with Gasteiger partial charge in [0.2, 0.25) is 5.95 Å². The zero-order valence-corrected chi connectivity index (χ0v) is 7.49. The Morgan fingerprint density at radius 3 is 3.07 bits per heavy atom. The smallest absolute Gasteiger partial charge is 0.220 e. The molecule has 0 bridgehead atoms. The molecule has 1 aliphatic rings. The van der Waals surface area contributed by atoms with Gasteiger partial charge < -0.3 is 10.7 Å². The van der Waals surface area contributed by atoms with Crippen LogP contribution in [0.15, 0.2) is 12.5 Å². The maximum Gasteiger partial charge on any atom is 0.220 e. The van der Waals surface area contributed by atoms with E-state index in [0.29, 0.717) is 5.95 Å². The fourth-order valence-corrected chi connectivity index (χ4v) is 1.78. The maximum absolute atomic E-state index is 5.55. The second-order valence-electron chi connectivity index (χ2n) is 3.33. The van der Waals surface area contributed by atoms with Crippen molar-refractivity contribution in [2.45, 2.75) is 12.8 Å². The summed E-state index contributed by atoms with van der Waals surface area (Å²) >= 11 is 0. The van der Waals surface area contributed by atoms with Crippen molar-refractivity contribution in [1.29, 1.82) is 0 Å². The van der Waals surface area contributed by atoms with E-state index in [0.717, 1.165) is 35.5 Å². The molecule has 1 aliphatic carbocycles. The van der Waals surface area contributed by atoms with Crippen LogP contribution >= 0.6 is 0 Å². The standard InChI is InChI=1S/C9H9N5/c10-9-11-3-5-1-2-6-8(7(5)14-9)13-4-12-6/h3-4H,1-2H2,(H,12,13)(H2,10,11,14). The quantitative estimate of drug-likeness (QED) is 0.631. The first-order chi connectivity index (χ1) is 6.84. The van der Waals surface area contributed by atoms with Crippen LogP contribution in [0.4, 0.5) is 5.95 Å². The summed E-state index contributed by atoms with van der Waals surface area (Å²) in [4.78, 5) is 15.5. The van der Waals surface area contributed by atoms with E-state index >= 15 is 0 Å². The lowest BCUT2D eigenvalue weighted by atomic mass is 9.98. The molecular formula is C9H9N5. The zero-order chi connectivity index (χ0) is 9.54. The molecule has 0 atom stereocenters. The molecule has 0 unspecified atom stereocenters. The third kappa shape index (κ3) is 0.921. The van der Waals surface area contributed by atoms with Gasteiger partial charge in [-0.1, -0.05) is 0 Å². The summed E-state index contributed by atoms with van der Waals surface area (Å²) in [6.07, 6.45) is 5.40. The number of imidazole rings is 1. The molecule has 0 aliphatic heterocycles. The van der Waals surface area contributed by atoms with Crippen LogP contribution in [0.5, 0.6) is 0 Å². The first kappa shape index (κ1) is 7.49. The van der Waals surface area contributed by atoms with Crippen molar-refractivity contribution in [1.82, 2.24) is 19.9 Å². The van der Waals surface area contributed by atoms with E-state index in [2.05, 4.69) is 19.9 Å². The molecular weight excluding hydrogens is 178 g/mol. The maximum atomic E-state index is 5.55. The summed E-state index contributed by atoms with van der Waals surface area (Å²) in [5, 5.41) is 0. The summed E-state index contributed by atoms with van der Waals surface area (Å²) in [7, 11) is 0. The van der Waals surface area contributed by atoms with E-state index in [1.807, 2.05) is 0 Å². The molecule has 5 nitrogen and oxygen atoms in total. The Morgan fingerprint density at radius 2 is 2.14 bits per heavy atom. The Morgan fingerprint density at radius 1 is 1.21 bits per heavy atom. The van der Waals surface area contributed by atoms with Gasteiger partial charge in [0.25, 0.3) is 0 Å². The van der Waals surface area contributed by atoms with Gasteiger partial charge >= 0.3 is 0 Å². The summed E-state index contributed by atoms with van der Waals surface area (Å²) in [5.74, 6) is 0.305. The molecule has 2 heterocycles. The number of H-pyrrole nitrogens is 1. The van der Waals surface area contributed by atoms with Gasteiger partial charge in [-0.05, 0) is 18.4 Å². The highest BCUT2D eigenvalue weighted by molar-refractivity contribution is 5.64. The molecule has 3 N–H and O–H groups in total. The van der Waals surface area contributed by atoms with E-state index in [1.165, 1.54) is 0 Å². The summed E-state index contributed by atoms with van der Waals surface area (Å²) in [6.45, 7) is 0. The molecule has 0 saturated carbocycles. The number of nitrogens with zero attached hydrogens (tertiary/aromatic N) is 3. The van der Waals surface area contributed by atoms with Crippen LogP contribution in [-0.4, -0.2) is 19.9 Å². The lowest BCUT2D eigenvalue weighted by Crippen LogP contribution is -2.08. The van der Waals surface area contributed by atoms with Crippen molar-refractivity contribution in [2.24, 2.45) is 0 Å². The van der Waals surface area contributed by atoms with Gasteiger partial charge in [-0.25, -0.2) is 15.0 Å². The number of hydrogen-bond acceptors (Lipinski definition) is 4. The van der Waals surface area contributed by atoms with Gasteiger partial charge in [0.1, 0.15) is 5.69 Å². The Bertz CT molecular complexity index is 488. The van der Waals surface area contributed by atoms with Gasteiger partial charge in [0.05, 0.1) is 12.0 Å². The number of nitrogens with two attached hydrogens (primary N) is 1. The molecule has 0 aromatic carbocycles. The van der Waals surface area contributed by atoms with Gasteiger partial charge in [0.15, 0.2) is 0 Å². The van der Waals surface area contributed by atoms with Crippen molar-refractivity contribution < 1.29 is 0 Å². The minimum atomic E-state index is 0.305. The van der Waals surface area contributed by atoms with Gasteiger partial charge in [-0.3, -0.25) is 0 Å². The first-order valence-electron chi connectivity index (χ1n) is 4.48. The van der Waals surface area contributed by atoms with Gasteiger partial charge in [0, 0.05) is 11.9 Å². The highest BCUT2D eigenvalue weighted by Crippen LogP contribution is 2.28. The van der Waals surface area contributed by atoms with Crippen molar-refractivity contribution in [3.63, 3.8) is 0 Å². The molecule has 5 heteroatoms. The number of nitrogen functional groups attached to an aromatic ring is 1. The topological polar surface area (TPSA) is 80.5 Å². The van der Waals surface area contributed by atoms with E-state index in [-0.39, 0.29) is 0 Å². The van der Waals surface area contributed by atoms with Crippen molar-refractivity contribution in [3.05, 3.63) is 23.8 Å². The minimum Gasteiger partial charge on any atom is -0.368 e. The van der Waals surface area contributed by atoms with Crippen LogP contribution in [0.25, 0.3) is 11.4 Å². The molecule has 0 radical (unpaired) electrons. The van der Waals surface area contributed by atoms with Crippen LogP contribution in [0.3, 0.4) is 0 Å². The van der Waals surface area contributed by atoms with Crippen molar-refractivity contribution >= 4 is 5.95 Å². The largest absolute Gasteiger partial charge is 0.368 e. The molecule has 0 fully saturated rings. The third-order valence-electron chi connectivity index (χ3n) is 2.47. The van der Waals surface area contributed by atoms with Crippen LogP contribution in [-0.2, 0) is 12.8 Å². The Hall–Kier alpha value is -1.91. The van der Waals surface area contributed by atoms with Crippen LogP contribution in [0.2, 0.25) is 0 Å². The fraction of sp³-hybridized carbons (Fsp3) is 0.222. The van der Waals surface area contributed by atoms with E-state index < -0.39 is 0 Å². The molecule has 0 amide bonds. The second kappa shape index (κ2) is 2.54. The second-order valence-corrected chi connectivity index (χ2v) is 3.33. The fourth-order valence-electron chi connectivity index (χ4n) is 1.78. The average Bonchev–Trinajstić information content (AvgIpc) is 2.65. The third-order valence-corrected chi connectivity index (χ3v) is 2.47. The van der Waals surface area contributed by atoms with Crippen molar-refractivity contribution in [3.8, 4) is 11.4 Å². The highest BCUT2D eigenvalue weighted by atomic mass is 15.0. The number of anilines is 1. The predicted molar refractivity (Wildman–Crippen MR) is 51.4 cm³/mol. The predicted octanol–water partition coefficient (Wildman–Crippen LogP) is 0.548. The van der Waals surface area contributed by atoms with Crippen LogP contribution < -0.4 is 5.73 Å². The minimum absolute atomic E-state index is 0.305. The summed E-state index contributed by atoms with van der Waals surface area (Å²) < 4.78 is 0. The summed E-state index contributed by atoms with van der Waals surface area (Å²) in [5.41, 5.74) is 9.60. The van der Waals surface area contributed by atoms with E-state index in [1.54, 1.807) is 12.5 Å². The Balaban J connectivity index is 2.28. The highest BCUT2D eigenvalue weighted by Gasteiger charge is 2.19. The molecule has 2 aromatic rings. The number of rotatable bonds is 0. The Kier molecular flexibility index (Phi) is 1.36. The van der Waals surface area contributed by atoms with E-state index in [4.69, 9.17) is 5.73 Å². The average molecular weight is 187 g/mol. The number of hydrogen-bond donors (Lipinski definition) is 2. The molecule has 2 aromatic heterocycles. The van der Waals surface area contributed by atoms with Crippen LogP contribution in [0, 0.1) is 0 Å². The lowest BCUT2D eigenvalue weighted by Gasteiger charge is -2.13. The molecule has 3 rings (SSSR count). The number of aryl methyl sites for hydroxylation is 2. The first-order valence-corrected chi connectivity index (χ1v) is 4.48. The normalized spacial score (nSPS) is 13.4. The number of aromatic nitrogens is 4. The molecule has 0 spiro atoms. The summed E-state index contributed by atoms with van der Waals surface area (Å²) in [6, 6.07) is 0. The monoisotopic (exact) mass is 187 g/mol. The zero-order valence-electron chi connectivity index (χ0n) is 7.49. The number of fused-ring (bicyclic) bond motifs is 3. The van der Waals surface area contributed by atoms with Crippen molar-refractivity contribution in [2.75, 3.05) is 5.73 Å². The number of aromatic amines is 1. The van der Waals surface area contributed by atoms with E-state index in [9.17, 15) is 0 Å². The van der Waals surface area contributed by atoms with Gasteiger partial charge in [-0.15, -0.1) is 0 Å². The lowest BCUT2D eigenvalue weighted by molar-refractivity contribution is 0.886. The van der Waals surface area contributed by atoms with Gasteiger partial charge in [-0.2, -0.15) is 0 Å². The SMILES string of the molecule is Nc1ncc2c(n1)-c1nc[nH]c1CC2. The molecule has 0 saturated heterocycles. The number of nitrogens with one attached hydrogen (secondary N) is 1. The van der Waals surface area contributed by atoms with Crippen LogP contribution in [0.1, 0.15) is 11.3 Å². The molecule has 70 valence electrons. The molecule has 14 heavy (non-hydrogen) atoms. The Labute approximate surface area is 80.4 Å².